The first kappa shape index (κ1) is 12.9. The standard InChI is InChI=1S/C13H15N3O3/c1-18-10-2-4-11(5-3-10)19-9-8-16-13(17)7-6-12(14)15-16/h2-7H,8-9H2,1H3,(H2,14,15). The van der Waals surface area contributed by atoms with E-state index in [2.05, 4.69) is 5.10 Å². The molecule has 6 nitrogen and oxygen atoms in total. The molecule has 0 aliphatic carbocycles. The van der Waals surface area contributed by atoms with Crippen LogP contribution in [0.1, 0.15) is 0 Å². The molecule has 0 unspecified atom stereocenters. The van der Waals surface area contributed by atoms with Crippen LogP contribution in [0.3, 0.4) is 0 Å². The molecule has 0 atom stereocenters. The number of aromatic nitrogens is 2. The van der Waals surface area contributed by atoms with E-state index in [1.165, 1.54) is 16.8 Å². The smallest absolute Gasteiger partial charge is 0.266 e. The van der Waals surface area contributed by atoms with Crippen LogP contribution in [0.15, 0.2) is 41.2 Å². The van der Waals surface area contributed by atoms with Gasteiger partial charge in [-0.2, -0.15) is 5.10 Å². The number of nitrogen functional groups attached to an aromatic ring is 1. The number of hydrogen-bond acceptors (Lipinski definition) is 5. The summed E-state index contributed by atoms with van der Waals surface area (Å²) in [5, 5.41) is 3.91. The van der Waals surface area contributed by atoms with Crippen molar-refractivity contribution in [2.45, 2.75) is 6.54 Å². The summed E-state index contributed by atoms with van der Waals surface area (Å²) in [4.78, 5) is 11.5. The van der Waals surface area contributed by atoms with Crippen molar-refractivity contribution in [3.8, 4) is 11.5 Å². The van der Waals surface area contributed by atoms with Gasteiger partial charge in [-0.25, -0.2) is 4.68 Å². The van der Waals surface area contributed by atoms with E-state index < -0.39 is 0 Å². The van der Waals surface area contributed by atoms with Crippen molar-refractivity contribution in [3.05, 3.63) is 46.8 Å². The monoisotopic (exact) mass is 261 g/mol. The fourth-order valence-electron chi connectivity index (χ4n) is 1.55. The number of anilines is 1. The molecule has 2 rings (SSSR count). The topological polar surface area (TPSA) is 79.4 Å². The van der Waals surface area contributed by atoms with Crippen LogP contribution in [0.2, 0.25) is 0 Å². The van der Waals surface area contributed by atoms with Crippen molar-refractivity contribution in [2.75, 3.05) is 19.5 Å². The highest BCUT2D eigenvalue weighted by Gasteiger charge is 1.99. The zero-order chi connectivity index (χ0) is 13.7. The van der Waals surface area contributed by atoms with Crippen LogP contribution in [-0.4, -0.2) is 23.5 Å². The fourth-order valence-corrected chi connectivity index (χ4v) is 1.55. The van der Waals surface area contributed by atoms with Crippen molar-refractivity contribution < 1.29 is 9.47 Å². The Labute approximate surface area is 110 Å². The number of nitrogens with two attached hydrogens (primary N) is 1. The van der Waals surface area contributed by atoms with Gasteiger partial charge in [0.15, 0.2) is 0 Å². The summed E-state index contributed by atoms with van der Waals surface area (Å²) in [5.74, 6) is 1.78. The Morgan fingerprint density at radius 1 is 1.16 bits per heavy atom. The third-order valence-corrected chi connectivity index (χ3v) is 2.52. The molecule has 1 aromatic heterocycles. The molecule has 0 saturated heterocycles. The number of ether oxygens (including phenoxy) is 2. The molecule has 0 aliphatic heterocycles. The maximum Gasteiger partial charge on any atom is 0.266 e. The second-order valence-corrected chi connectivity index (χ2v) is 3.84. The SMILES string of the molecule is COc1ccc(OCCn2nc(N)ccc2=O)cc1. The van der Waals surface area contributed by atoms with Gasteiger partial charge in [-0.15, -0.1) is 0 Å². The van der Waals surface area contributed by atoms with Gasteiger partial charge in [0.2, 0.25) is 0 Å². The molecular weight excluding hydrogens is 246 g/mol. The minimum absolute atomic E-state index is 0.201. The molecule has 2 aromatic rings. The Kier molecular flexibility index (Phi) is 4.02. The Morgan fingerprint density at radius 3 is 2.53 bits per heavy atom. The third kappa shape index (κ3) is 3.48. The van der Waals surface area contributed by atoms with Gasteiger partial charge in [-0.1, -0.05) is 0 Å². The van der Waals surface area contributed by atoms with Gasteiger partial charge < -0.3 is 15.2 Å². The molecule has 2 N–H and O–H groups in total. The van der Waals surface area contributed by atoms with Gasteiger partial charge in [-0.05, 0) is 30.3 Å². The van der Waals surface area contributed by atoms with Crippen LogP contribution in [0, 0.1) is 0 Å². The summed E-state index contributed by atoms with van der Waals surface area (Å²) in [5.41, 5.74) is 5.32. The molecule has 0 radical (unpaired) electrons. The van der Waals surface area contributed by atoms with Crippen LogP contribution in [-0.2, 0) is 6.54 Å². The number of rotatable bonds is 5. The minimum Gasteiger partial charge on any atom is -0.497 e. The summed E-state index contributed by atoms with van der Waals surface area (Å²) in [6.45, 7) is 0.679. The van der Waals surface area contributed by atoms with E-state index in [4.69, 9.17) is 15.2 Å². The molecule has 0 amide bonds. The lowest BCUT2D eigenvalue weighted by molar-refractivity contribution is 0.287. The summed E-state index contributed by atoms with van der Waals surface area (Å²) >= 11 is 0. The maximum atomic E-state index is 11.5. The molecule has 0 saturated carbocycles. The first-order valence-corrected chi connectivity index (χ1v) is 5.79. The Morgan fingerprint density at radius 2 is 1.84 bits per heavy atom. The summed E-state index contributed by atoms with van der Waals surface area (Å²) < 4.78 is 11.8. The molecule has 0 bridgehead atoms. The van der Waals surface area contributed by atoms with Crippen molar-refractivity contribution in [1.29, 1.82) is 0 Å². The lowest BCUT2D eigenvalue weighted by atomic mass is 10.3. The molecule has 0 fully saturated rings. The predicted octanol–water partition coefficient (Wildman–Crippen LogP) is 0.913. The van der Waals surface area contributed by atoms with E-state index in [1.54, 1.807) is 31.4 Å². The number of nitrogens with zero attached hydrogens (tertiary/aromatic N) is 2. The lowest BCUT2D eigenvalue weighted by Crippen LogP contribution is -2.25. The maximum absolute atomic E-state index is 11.5. The van der Waals surface area contributed by atoms with Crippen LogP contribution in [0.4, 0.5) is 5.82 Å². The van der Waals surface area contributed by atoms with Crippen molar-refractivity contribution in [2.24, 2.45) is 0 Å². The van der Waals surface area contributed by atoms with Gasteiger partial charge in [0.05, 0.1) is 13.7 Å². The van der Waals surface area contributed by atoms with Crippen molar-refractivity contribution in [1.82, 2.24) is 9.78 Å². The Bertz CT molecular complexity index is 593. The fraction of sp³-hybridized carbons (Fsp3) is 0.231. The normalized spacial score (nSPS) is 10.2. The predicted molar refractivity (Wildman–Crippen MR) is 71.4 cm³/mol. The summed E-state index contributed by atoms with van der Waals surface area (Å²) in [7, 11) is 1.60. The van der Waals surface area contributed by atoms with Crippen LogP contribution in [0.5, 0.6) is 11.5 Å². The molecule has 19 heavy (non-hydrogen) atoms. The molecular formula is C13H15N3O3. The third-order valence-electron chi connectivity index (χ3n) is 2.52. The van der Waals surface area contributed by atoms with E-state index in [0.29, 0.717) is 24.7 Å². The minimum atomic E-state index is -0.201. The van der Waals surface area contributed by atoms with E-state index in [9.17, 15) is 4.79 Å². The van der Waals surface area contributed by atoms with Gasteiger partial charge in [-0.3, -0.25) is 4.79 Å². The van der Waals surface area contributed by atoms with Crippen LogP contribution < -0.4 is 20.8 Å². The first-order valence-electron chi connectivity index (χ1n) is 5.79. The highest BCUT2D eigenvalue weighted by molar-refractivity contribution is 5.31. The van der Waals surface area contributed by atoms with Gasteiger partial charge >= 0.3 is 0 Å². The summed E-state index contributed by atoms with van der Waals surface area (Å²) in [6.07, 6.45) is 0. The van der Waals surface area contributed by atoms with E-state index in [1.807, 2.05) is 0 Å². The Balaban J connectivity index is 1.92. The quantitative estimate of drug-likeness (QED) is 0.865. The molecule has 100 valence electrons. The van der Waals surface area contributed by atoms with Gasteiger partial charge in [0.25, 0.3) is 5.56 Å². The van der Waals surface area contributed by atoms with Crippen LogP contribution >= 0.6 is 0 Å². The second-order valence-electron chi connectivity index (χ2n) is 3.84. The molecule has 6 heteroatoms. The largest absolute Gasteiger partial charge is 0.497 e. The lowest BCUT2D eigenvalue weighted by Gasteiger charge is -2.08. The zero-order valence-corrected chi connectivity index (χ0v) is 10.6. The average molecular weight is 261 g/mol. The molecule has 1 aromatic carbocycles. The van der Waals surface area contributed by atoms with E-state index in [-0.39, 0.29) is 5.56 Å². The van der Waals surface area contributed by atoms with E-state index in [0.717, 1.165) is 5.75 Å². The number of methoxy groups -OCH3 is 1. The van der Waals surface area contributed by atoms with Gasteiger partial charge in [0, 0.05) is 6.07 Å². The zero-order valence-electron chi connectivity index (χ0n) is 10.6. The molecule has 1 heterocycles. The summed E-state index contributed by atoms with van der Waals surface area (Å²) in [6, 6.07) is 10.1. The van der Waals surface area contributed by atoms with Crippen LogP contribution in [0.25, 0.3) is 0 Å². The van der Waals surface area contributed by atoms with E-state index >= 15 is 0 Å². The van der Waals surface area contributed by atoms with Gasteiger partial charge in [0.1, 0.15) is 23.9 Å². The number of hydrogen-bond donors (Lipinski definition) is 1. The number of benzene rings is 1. The van der Waals surface area contributed by atoms with Crippen molar-refractivity contribution in [3.63, 3.8) is 0 Å². The first-order chi connectivity index (χ1) is 9.19. The highest BCUT2D eigenvalue weighted by atomic mass is 16.5. The second kappa shape index (κ2) is 5.90. The molecule has 0 spiro atoms. The Hall–Kier alpha value is -2.50. The van der Waals surface area contributed by atoms with Crippen molar-refractivity contribution >= 4 is 5.82 Å². The average Bonchev–Trinajstić information content (AvgIpc) is 2.43. The molecule has 0 aliphatic rings. The highest BCUT2D eigenvalue weighted by Crippen LogP contribution is 2.16.